The van der Waals surface area contributed by atoms with Crippen molar-refractivity contribution in [2.75, 3.05) is 0 Å². The molecule has 2 aromatic carbocycles. The van der Waals surface area contributed by atoms with Crippen molar-refractivity contribution in [3.63, 3.8) is 0 Å². The topological polar surface area (TPSA) is 84.4 Å². The van der Waals surface area contributed by atoms with Crippen LogP contribution in [0.25, 0.3) is 0 Å². The smallest absolute Gasteiger partial charge is 0.284 e. The minimum absolute atomic E-state index is 0.102. The Balaban J connectivity index is 1.93. The first-order chi connectivity index (χ1) is 12.6. The van der Waals surface area contributed by atoms with Crippen molar-refractivity contribution < 1.29 is 13.3 Å². The maximum Gasteiger partial charge on any atom is 0.284 e. The van der Waals surface area contributed by atoms with Crippen LogP contribution in [0.15, 0.2) is 88.3 Å². The van der Waals surface area contributed by atoms with Gasteiger partial charge in [0.2, 0.25) is 0 Å². The molecule has 26 heavy (non-hydrogen) atoms. The van der Waals surface area contributed by atoms with Gasteiger partial charge in [0, 0.05) is 11.8 Å². The zero-order chi connectivity index (χ0) is 18.4. The zero-order valence-electron chi connectivity index (χ0n) is 13.7. The number of aromatic nitrogens is 1. The molecule has 3 rings (SSSR count). The Morgan fingerprint density at radius 3 is 2.42 bits per heavy atom. The normalized spacial score (nSPS) is 11.7. The highest BCUT2D eigenvalue weighted by atomic mass is 32.2. The van der Waals surface area contributed by atoms with Crippen LogP contribution < -0.4 is 10.3 Å². The number of benzene rings is 2. The first-order valence-electron chi connectivity index (χ1n) is 7.75. The van der Waals surface area contributed by atoms with Gasteiger partial charge in [0.15, 0.2) is 5.49 Å². The zero-order valence-corrected chi connectivity index (χ0v) is 14.5. The molecule has 0 amide bonds. The molecule has 6 nitrogen and oxygen atoms in total. The van der Waals surface area contributed by atoms with Crippen molar-refractivity contribution in [2.24, 2.45) is 4.40 Å². The lowest BCUT2D eigenvalue weighted by atomic mass is 10.1. The van der Waals surface area contributed by atoms with Crippen molar-refractivity contribution >= 4 is 10.0 Å². The quantitative estimate of drug-likeness (QED) is 0.694. The molecule has 130 valence electrons. The van der Waals surface area contributed by atoms with Gasteiger partial charge in [-0.25, -0.2) is 0 Å². The number of rotatable bonds is 5. The largest absolute Gasteiger partial charge is 0.407 e. The van der Waals surface area contributed by atoms with Gasteiger partial charge in [-0.05, 0) is 30.3 Å². The molecule has 3 aromatic rings. The molecule has 0 fully saturated rings. The Labute approximate surface area is 151 Å². The minimum Gasteiger partial charge on any atom is -0.407 e. The van der Waals surface area contributed by atoms with E-state index in [0.717, 1.165) is 0 Å². The van der Waals surface area contributed by atoms with Gasteiger partial charge in [-0.15, -0.1) is 4.40 Å². The fourth-order valence-corrected chi connectivity index (χ4v) is 3.26. The van der Waals surface area contributed by atoms with Gasteiger partial charge in [0.05, 0.1) is 16.5 Å². The van der Waals surface area contributed by atoms with Gasteiger partial charge in [-0.1, -0.05) is 42.5 Å². The average molecular weight is 365 g/mol. The molecule has 1 heterocycles. The predicted molar refractivity (Wildman–Crippen MR) is 95.1 cm³/mol. The minimum atomic E-state index is -3.86. The van der Waals surface area contributed by atoms with Crippen molar-refractivity contribution in [3.8, 4) is 6.07 Å². The lowest BCUT2D eigenvalue weighted by Gasteiger charge is -2.10. The Bertz CT molecular complexity index is 1110. The fraction of sp³-hybridized carbons (Fsp3) is 0.0526. The average Bonchev–Trinajstić information content (AvgIpc) is 2.68. The summed E-state index contributed by atoms with van der Waals surface area (Å²) < 4.78 is 30.0. The molecule has 0 aliphatic carbocycles. The van der Waals surface area contributed by atoms with Crippen LogP contribution in [0.3, 0.4) is 0 Å². The molecule has 0 bridgehead atoms. The van der Waals surface area contributed by atoms with E-state index in [4.69, 9.17) is 10.1 Å². The first kappa shape index (κ1) is 17.5. The van der Waals surface area contributed by atoms with Gasteiger partial charge in [-0.2, -0.15) is 18.4 Å². The third-order valence-corrected chi connectivity index (χ3v) is 4.85. The highest BCUT2D eigenvalue weighted by molar-refractivity contribution is 7.90. The fourth-order valence-electron chi connectivity index (χ4n) is 2.26. The van der Waals surface area contributed by atoms with E-state index in [-0.39, 0.29) is 17.0 Å². The SMILES string of the molecule is N#Cc1ccccc1COn1cccc/c1=N\S(=O)(=O)c1ccccc1. The van der Waals surface area contributed by atoms with E-state index < -0.39 is 10.0 Å². The molecule has 0 saturated carbocycles. The maximum absolute atomic E-state index is 12.4. The lowest BCUT2D eigenvalue weighted by molar-refractivity contribution is 0.0875. The molecule has 0 saturated heterocycles. The second-order valence-corrected chi connectivity index (χ2v) is 6.91. The molecule has 1 aromatic heterocycles. The second-order valence-electron chi connectivity index (χ2n) is 5.31. The number of nitrogens with zero attached hydrogens (tertiary/aromatic N) is 3. The van der Waals surface area contributed by atoms with E-state index in [0.29, 0.717) is 11.1 Å². The number of hydrogen-bond acceptors (Lipinski definition) is 4. The molecular weight excluding hydrogens is 350 g/mol. The molecule has 0 aliphatic rings. The summed E-state index contributed by atoms with van der Waals surface area (Å²) in [6.07, 6.45) is 1.56. The molecule has 0 spiro atoms. The third-order valence-electron chi connectivity index (χ3n) is 3.56. The standard InChI is InChI=1S/C19H15N3O3S/c20-14-16-8-4-5-9-17(16)15-25-22-13-7-6-12-19(22)21-26(23,24)18-10-2-1-3-11-18/h1-13H,15H2/b21-19+. The van der Waals surface area contributed by atoms with E-state index >= 15 is 0 Å². The summed E-state index contributed by atoms with van der Waals surface area (Å²) >= 11 is 0. The van der Waals surface area contributed by atoms with E-state index in [2.05, 4.69) is 10.5 Å². The lowest BCUT2D eigenvalue weighted by Crippen LogP contribution is -2.27. The van der Waals surface area contributed by atoms with Crippen molar-refractivity contribution in [2.45, 2.75) is 11.5 Å². The van der Waals surface area contributed by atoms with Crippen LogP contribution >= 0.6 is 0 Å². The van der Waals surface area contributed by atoms with E-state index in [1.807, 2.05) is 0 Å². The van der Waals surface area contributed by atoms with Crippen LogP contribution in [0.1, 0.15) is 11.1 Å². The highest BCUT2D eigenvalue weighted by Crippen LogP contribution is 2.10. The van der Waals surface area contributed by atoms with Crippen LogP contribution in [0.5, 0.6) is 0 Å². The van der Waals surface area contributed by atoms with E-state index in [1.165, 1.54) is 22.9 Å². The van der Waals surface area contributed by atoms with Gasteiger partial charge in [-0.3, -0.25) is 0 Å². The molecule has 0 aliphatic heterocycles. The van der Waals surface area contributed by atoms with Crippen LogP contribution in [-0.2, 0) is 16.6 Å². The van der Waals surface area contributed by atoms with Crippen molar-refractivity contribution in [1.82, 2.24) is 4.73 Å². The summed E-state index contributed by atoms with van der Waals surface area (Å²) in [4.78, 5) is 5.76. The number of pyridine rings is 1. The Kier molecular flexibility index (Phi) is 5.15. The second kappa shape index (κ2) is 7.68. The summed E-state index contributed by atoms with van der Waals surface area (Å²) in [6, 6.07) is 22.0. The summed E-state index contributed by atoms with van der Waals surface area (Å²) in [6.45, 7) is 0.103. The molecule has 7 heteroatoms. The van der Waals surface area contributed by atoms with Crippen LogP contribution in [-0.4, -0.2) is 13.1 Å². The van der Waals surface area contributed by atoms with E-state index in [1.54, 1.807) is 60.8 Å². The summed E-state index contributed by atoms with van der Waals surface area (Å²) in [5, 5.41) is 9.14. The van der Waals surface area contributed by atoms with Crippen LogP contribution in [0.2, 0.25) is 0 Å². The molecule has 0 unspecified atom stereocenters. The predicted octanol–water partition coefficient (Wildman–Crippen LogP) is 2.28. The molecular formula is C19H15N3O3S. The van der Waals surface area contributed by atoms with Gasteiger partial charge in [0.25, 0.3) is 10.0 Å². The van der Waals surface area contributed by atoms with Gasteiger partial charge in [0.1, 0.15) is 6.61 Å². The van der Waals surface area contributed by atoms with E-state index in [9.17, 15) is 8.42 Å². The Hall–Kier alpha value is -3.37. The number of hydrogen-bond donors (Lipinski definition) is 0. The molecule has 0 radical (unpaired) electrons. The highest BCUT2D eigenvalue weighted by Gasteiger charge is 2.12. The summed E-state index contributed by atoms with van der Waals surface area (Å²) in [5.41, 5.74) is 1.33. The maximum atomic E-state index is 12.4. The molecule has 0 N–H and O–H groups in total. The number of nitriles is 1. The third kappa shape index (κ3) is 3.99. The first-order valence-corrected chi connectivity index (χ1v) is 9.19. The van der Waals surface area contributed by atoms with Crippen LogP contribution in [0, 0.1) is 11.3 Å². The Morgan fingerprint density at radius 2 is 1.65 bits per heavy atom. The monoisotopic (exact) mass is 365 g/mol. The number of sulfonamides is 1. The van der Waals surface area contributed by atoms with Gasteiger partial charge >= 0.3 is 0 Å². The van der Waals surface area contributed by atoms with Crippen molar-refractivity contribution in [3.05, 3.63) is 95.6 Å². The molecule has 0 atom stereocenters. The summed E-state index contributed by atoms with van der Waals surface area (Å²) in [5.74, 6) is 0. The van der Waals surface area contributed by atoms with Crippen LogP contribution in [0.4, 0.5) is 0 Å². The Morgan fingerprint density at radius 1 is 0.962 bits per heavy atom. The van der Waals surface area contributed by atoms with Gasteiger partial charge < -0.3 is 4.84 Å². The summed E-state index contributed by atoms with van der Waals surface area (Å²) in [7, 11) is -3.86. The van der Waals surface area contributed by atoms with Crippen molar-refractivity contribution in [1.29, 1.82) is 5.26 Å².